The molecule has 11 heteroatoms. The Bertz CT molecular complexity index is 942. The molecule has 26 heavy (non-hydrogen) atoms. The van der Waals surface area contributed by atoms with Crippen molar-refractivity contribution in [1.29, 1.82) is 0 Å². The van der Waals surface area contributed by atoms with Crippen LogP contribution in [0.3, 0.4) is 0 Å². The molecule has 138 valence electrons. The van der Waals surface area contributed by atoms with Gasteiger partial charge in [-0.1, -0.05) is 24.4 Å². The third-order valence-electron chi connectivity index (χ3n) is 3.57. The van der Waals surface area contributed by atoms with Gasteiger partial charge in [0.05, 0.1) is 11.9 Å². The van der Waals surface area contributed by atoms with Gasteiger partial charge in [-0.05, 0) is 30.8 Å². The van der Waals surface area contributed by atoms with E-state index < -0.39 is 15.9 Å². The number of amides is 2. The number of hydrogen-bond acceptors (Lipinski definition) is 8. The molecule has 1 aromatic rings. The Morgan fingerprint density at radius 3 is 2.62 bits per heavy atom. The summed E-state index contributed by atoms with van der Waals surface area (Å²) in [5, 5.41) is 0. The van der Waals surface area contributed by atoms with Gasteiger partial charge in [0, 0.05) is 6.54 Å². The van der Waals surface area contributed by atoms with Crippen LogP contribution in [0.2, 0.25) is 0 Å². The zero-order valence-corrected chi connectivity index (χ0v) is 16.3. The Morgan fingerprint density at radius 2 is 2.00 bits per heavy atom. The van der Waals surface area contributed by atoms with Crippen LogP contribution >= 0.6 is 24.0 Å². The summed E-state index contributed by atoms with van der Waals surface area (Å²) in [6.07, 6.45) is 0.895. The number of anilines is 1. The van der Waals surface area contributed by atoms with E-state index >= 15 is 0 Å². The van der Waals surface area contributed by atoms with E-state index in [4.69, 9.17) is 17.0 Å². The van der Waals surface area contributed by atoms with E-state index in [0.717, 1.165) is 18.0 Å². The highest BCUT2D eigenvalue weighted by Gasteiger charge is 2.40. The lowest BCUT2D eigenvalue weighted by Gasteiger charge is -2.18. The van der Waals surface area contributed by atoms with Crippen LogP contribution in [0.4, 0.5) is 5.69 Å². The number of thioether (sulfide) groups is 1. The lowest BCUT2D eigenvalue weighted by atomic mass is 10.3. The normalized spacial score (nSPS) is 19.6. The minimum Gasteiger partial charge on any atom is -0.437 e. The first-order valence-electron chi connectivity index (χ1n) is 7.54. The van der Waals surface area contributed by atoms with Gasteiger partial charge in [0.1, 0.15) is 15.8 Å². The number of nitrogens with one attached hydrogen (secondary N) is 1. The van der Waals surface area contributed by atoms with Crippen molar-refractivity contribution in [2.75, 3.05) is 24.2 Å². The average Bonchev–Trinajstić information content (AvgIpc) is 3.03. The Labute approximate surface area is 160 Å². The molecule has 0 saturated carbocycles. The van der Waals surface area contributed by atoms with Gasteiger partial charge < -0.3 is 4.74 Å². The maximum atomic E-state index is 12.6. The van der Waals surface area contributed by atoms with Gasteiger partial charge in [-0.25, -0.2) is 8.42 Å². The summed E-state index contributed by atoms with van der Waals surface area (Å²) in [5.74, 6) is -0.408. The molecule has 3 rings (SSSR count). The Balaban J connectivity index is 2.00. The number of carbonyl (C=O) groups is 2. The summed E-state index contributed by atoms with van der Waals surface area (Å²) in [5.41, 5.74) is 0.563. The second-order valence-electron chi connectivity index (χ2n) is 5.50. The highest BCUT2D eigenvalue weighted by molar-refractivity contribution is 8.26. The molecule has 2 heterocycles. The van der Waals surface area contributed by atoms with Crippen LogP contribution in [-0.2, 0) is 19.6 Å². The van der Waals surface area contributed by atoms with E-state index in [1.165, 1.54) is 9.80 Å². The molecule has 2 aliphatic heterocycles. The fourth-order valence-electron chi connectivity index (χ4n) is 2.54. The molecule has 0 unspecified atom stereocenters. The van der Waals surface area contributed by atoms with Crippen LogP contribution in [0, 0.1) is 0 Å². The van der Waals surface area contributed by atoms with Crippen molar-refractivity contribution < 1.29 is 22.7 Å². The first-order chi connectivity index (χ1) is 12.2. The molecule has 0 aromatic heterocycles. The molecule has 1 aromatic carbocycles. The SMILES string of the molecule is CCN1C(=O)C(=C2Oc3ccccc3N2CC(=O)NS(C)(=O)=O)SC1=S. The largest absolute Gasteiger partial charge is 0.437 e. The first kappa shape index (κ1) is 18.7. The molecule has 8 nitrogen and oxygen atoms in total. The molecule has 1 saturated heterocycles. The quantitative estimate of drug-likeness (QED) is 0.577. The van der Waals surface area contributed by atoms with Gasteiger partial charge >= 0.3 is 0 Å². The van der Waals surface area contributed by atoms with Crippen molar-refractivity contribution in [2.45, 2.75) is 6.92 Å². The third kappa shape index (κ3) is 3.55. The van der Waals surface area contributed by atoms with Gasteiger partial charge in [-0.3, -0.25) is 24.1 Å². The number of benzene rings is 1. The summed E-state index contributed by atoms with van der Waals surface area (Å²) < 4.78 is 30.7. The number of carbonyl (C=O) groups excluding carboxylic acids is 2. The number of fused-ring (bicyclic) bond motifs is 1. The van der Waals surface area contributed by atoms with E-state index in [1.807, 2.05) is 4.72 Å². The monoisotopic (exact) mass is 413 g/mol. The molecule has 0 aliphatic carbocycles. The van der Waals surface area contributed by atoms with E-state index in [-0.39, 0.29) is 23.2 Å². The molecule has 0 spiro atoms. The summed E-state index contributed by atoms with van der Waals surface area (Å²) in [6, 6.07) is 6.93. The highest BCUT2D eigenvalue weighted by Crippen LogP contribution is 2.43. The van der Waals surface area contributed by atoms with Crippen molar-refractivity contribution in [3.8, 4) is 5.75 Å². The lowest BCUT2D eigenvalue weighted by Crippen LogP contribution is -2.39. The minimum atomic E-state index is -3.70. The standard InChI is InChI=1S/C15H15N3O5S3/c1-3-17-13(20)12(25-15(17)24)14-18(8-11(19)16-26(2,21)22)9-6-4-5-7-10(9)23-14/h4-7H,3,8H2,1-2H3,(H,16,19). The number of nitrogens with zero attached hydrogens (tertiary/aromatic N) is 2. The van der Waals surface area contributed by atoms with Crippen LogP contribution in [0.15, 0.2) is 35.1 Å². The summed E-state index contributed by atoms with van der Waals surface area (Å²) in [7, 11) is -3.70. The fraction of sp³-hybridized carbons (Fsp3) is 0.267. The number of sulfonamides is 1. The highest BCUT2D eigenvalue weighted by atomic mass is 32.2. The number of thiocarbonyl (C=S) groups is 1. The van der Waals surface area contributed by atoms with E-state index in [9.17, 15) is 18.0 Å². The zero-order valence-electron chi connectivity index (χ0n) is 13.9. The number of hydrogen-bond donors (Lipinski definition) is 1. The molecular weight excluding hydrogens is 398 g/mol. The molecule has 2 aliphatic rings. The number of para-hydroxylation sites is 2. The van der Waals surface area contributed by atoms with Gasteiger partial charge in [-0.15, -0.1) is 0 Å². The number of likely N-dealkylation sites (N-methyl/N-ethyl adjacent to an activating group) is 1. The van der Waals surface area contributed by atoms with Crippen molar-refractivity contribution >= 4 is 55.8 Å². The van der Waals surface area contributed by atoms with Crippen LogP contribution < -0.4 is 14.4 Å². The molecule has 0 atom stereocenters. The van der Waals surface area contributed by atoms with Crippen molar-refractivity contribution in [1.82, 2.24) is 9.62 Å². The van der Waals surface area contributed by atoms with Crippen LogP contribution in [0.1, 0.15) is 6.92 Å². The van der Waals surface area contributed by atoms with Gasteiger partial charge in [-0.2, -0.15) is 0 Å². The van der Waals surface area contributed by atoms with E-state index in [0.29, 0.717) is 22.3 Å². The molecular formula is C15H15N3O5S3. The molecule has 0 radical (unpaired) electrons. The summed E-state index contributed by atoms with van der Waals surface area (Å²) in [4.78, 5) is 27.9. The molecule has 1 N–H and O–H groups in total. The number of rotatable bonds is 4. The lowest BCUT2D eigenvalue weighted by molar-refractivity contribution is -0.122. The predicted octanol–water partition coefficient (Wildman–Crippen LogP) is 1.01. The first-order valence-corrected chi connectivity index (χ1v) is 10.7. The second-order valence-corrected chi connectivity index (χ2v) is 8.90. The Hall–Kier alpha value is -2.11. The Kier molecular flexibility index (Phi) is 4.95. The second kappa shape index (κ2) is 6.89. The van der Waals surface area contributed by atoms with Crippen molar-refractivity contribution in [3.63, 3.8) is 0 Å². The van der Waals surface area contributed by atoms with Crippen LogP contribution in [0.5, 0.6) is 5.75 Å². The topological polar surface area (TPSA) is 96.0 Å². The van der Waals surface area contributed by atoms with Crippen LogP contribution in [-0.4, -0.2) is 48.8 Å². The fourth-order valence-corrected chi connectivity index (χ4v) is 4.42. The van der Waals surface area contributed by atoms with Crippen molar-refractivity contribution in [3.05, 3.63) is 35.1 Å². The van der Waals surface area contributed by atoms with Crippen molar-refractivity contribution in [2.24, 2.45) is 0 Å². The maximum absolute atomic E-state index is 12.6. The summed E-state index contributed by atoms with van der Waals surface area (Å²) >= 11 is 6.30. The maximum Gasteiger partial charge on any atom is 0.271 e. The minimum absolute atomic E-state index is 0.170. The molecule has 0 bridgehead atoms. The summed E-state index contributed by atoms with van der Waals surface area (Å²) in [6.45, 7) is 1.90. The average molecular weight is 414 g/mol. The molecule has 1 fully saturated rings. The molecule has 2 amide bonds. The van der Waals surface area contributed by atoms with Gasteiger partial charge in [0.25, 0.3) is 11.8 Å². The van der Waals surface area contributed by atoms with Gasteiger partial charge in [0.2, 0.25) is 15.9 Å². The van der Waals surface area contributed by atoms with Gasteiger partial charge in [0.15, 0.2) is 5.75 Å². The van der Waals surface area contributed by atoms with E-state index in [2.05, 4.69) is 0 Å². The Morgan fingerprint density at radius 1 is 1.31 bits per heavy atom. The third-order valence-corrected chi connectivity index (χ3v) is 5.59. The zero-order chi connectivity index (χ0) is 19.1. The predicted molar refractivity (Wildman–Crippen MR) is 102 cm³/mol. The number of ether oxygens (including phenoxy) is 1. The van der Waals surface area contributed by atoms with E-state index in [1.54, 1.807) is 31.2 Å². The smallest absolute Gasteiger partial charge is 0.271 e. The van der Waals surface area contributed by atoms with Crippen LogP contribution in [0.25, 0.3) is 0 Å².